The van der Waals surface area contributed by atoms with Crippen LogP contribution in [-0.4, -0.2) is 48.5 Å². The largest absolute Gasteiger partial charge is 0.297 e. The number of aromatic nitrogens is 2. The van der Waals surface area contributed by atoms with Gasteiger partial charge in [-0.05, 0) is 30.9 Å². The number of sulfonamides is 1. The van der Waals surface area contributed by atoms with E-state index in [2.05, 4.69) is 34.8 Å². The molecule has 26 heavy (non-hydrogen) atoms. The second kappa shape index (κ2) is 7.50. The molecule has 1 fully saturated rings. The first-order chi connectivity index (χ1) is 12.2. The fraction of sp³-hybridized carbons (Fsp3) is 0.526. The van der Waals surface area contributed by atoms with E-state index in [-0.39, 0.29) is 6.04 Å². The minimum absolute atomic E-state index is 0.0329. The van der Waals surface area contributed by atoms with Crippen molar-refractivity contribution >= 4 is 10.0 Å². The van der Waals surface area contributed by atoms with Crippen molar-refractivity contribution in [2.75, 3.05) is 19.3 Å². The molecule has 1 N–H and O–H groups in total. The fourth-order valence-electron chi connectivity index (χ4n) is 3.72. The molecular formula is C19H28N4O2S. The van der Waals surface area contributed by atoms with Crippen LogP contribution in [0.1, 0.15) is 25.1 Å². The first-order valence-electron chi connectivity index (χ1n) is 9.03. The number of likely N-dealkylation sites (tertiary alicyclic amines) is 1. The summed E-state index contributed by atoms with van der Waals surface area (Å²) in [5.41, 5.74) is 3.23. The molecule has 0 unspecified atom stereocenters. The summed E-state index contributed by atoms with van der Waals surface area (Å²) in [6.45, 7) is 8.74. The Hall–Kier alpha value is -1.70. The predicted molar refractivity (Wildman–Crippen MR) is 104 cm³/mol. The predicted octanol–water partition coefficient (Wildman–Crippen LogP) is 2.19. The summed E-state index contributed by atoms with van der Waals surface area (Å²) >= 11 is 0. The van der Waals surface area contributed by atoms with Crippen LogP contribution in [0, 0.1) is 18.8 Å². The van der Waals surface area contributed by atoms with Gasteiger partial charge in [0.15, 0.2) is 0 Å². The van der Waals surface area contributed by atoms with Crippen molar-refractivity contribution in [2.24, 2.45) is 11.8 Å². The summed E-state index contributed by atoms with van der Waals surface area (Å²) < 4.78 is 28.1. The highest BCUT2D eigenvalue weighted by molar-refractivity contribution is 7.88. The van der Waals surface area contributed by atoms with E-state index in [1.807, 2.05) is 41.9 Å². The Balaban J connectivity index is 1.74. The van der Waals surface area contributed by atoms with Gasteiger partial charge in [-0.1, -0.05) is 32.0 Å². The van der Waals surface area contributed by atoms with Crippen molar-refractivity contribution < 1.29 is 8.42 Å². The highest BCUT2D eigenvalue weighted by Crippen LogP contribution is 2.27. The molecule has 0 spiro atoms. The van der Waals surface area contributed by atoms with Crippen LogP contribution in [0.25, 0.3) is 5.69 Å². The summed E-state index contributed by atoms with van der Waals surface area (Å²) in [4.78, 5) is 2.33. The lowest BCUT2D eigenvalue weighted by Gasteiger charge is -2.21. The molecule has 3 rings (SSSR count). The minimum atomic E-state index is -3.20. The Morgan fingerprint density at radius 2 is 1.92 bits per heavy atom. The zero-order chi connectivity index (χ0) is 18.9. The second-order valence-corrected chi connectivity index (χ2v) is 9.40. The number of benzene rings is 1. The second-order valence-electron chi connectivity index (χ2n) is 7.62. The van der Waals surface area contributed by atoms with Crippen LogP contribution >= 0.6 is 0 Å². The molecule has 7 heteroatoms. The van der Waals surface area contributed by atoms with E-state index < -0.39 is 10.0 Å². The number of hydrogen-bond donors (Lipinski definition) is 1. The molecule has 2 heterocycles. The van der Waals surface area contributed by atoms with Crippen molar-refractivity contribution in [1.29, 1.82) is 0 Å². The topological polar surface area (TPSA) is 67.2 Å². The summed E-state index contributed by atoms with van der Waals surface area (Å²) in [6.07, 6.45) is 3.31. The molecular weight excluding hydrogens is 348 g/mol. The zero-order valence-electron chi connectivity index (χ0n) is 15.9. The number of para-hydroxylation sites is 1. The Bertz CT molecular complexity index is 846. The summed E-state index contributed by atoms with van der Waals surface area (Å²) in [5.74, 6) is 0.738. The number of rotatable bonds is 6. The van der Waals surface area contributed by atoms with Crippen LogP contribution in [0.4, 0.5) is 0 Å². The third-order valence-electron chi connectivity index (χ3n) is 5.08. The molecule has 0 aliphatic carbocycles. The molecule has 0 bridgehead atoms. The normalized spacial score (nSPS) is 21.6. The molecule has 1 aromatic heterocycles. The van der Waals surface area contributed by atoms with Gasteiger partial charge < -0.3 is 0 Å². The van der Waals surface area contributed by atoms with Crippen molar-refractivity contribution in [2.45, 2.75) is 33.4 Å². The molecule has 1 aliphatic rings. The summed E-state index contributed by atoms with van der Waals surface area (Å²) in [7, 11) is -3.20. The summed E-state index contributed by atoms with van der Waals surface area (Å²) in [5, 5.41) is 4.63. The van der Waals surface area contributed by atoms with Gasteiger partial charge in [0.25, 0.3) is 0 Å². The van der Waals surface area contributed by atoms with Crippen LogP contribution in [-0.2, 0) is 16.6 Å². The molecule has 0 radical (unpaired) electrons. The van der Waals surface area contributed by atoms with E-state index in [9.17, 15) is 8.42 Å². The Morgan fingerprint density at radius 3 is 2.54 bits per heavy atom. The highest BCUT2D eigenvalue weighted by atomic mass is 32.2. The van der Waals surface area contributed by atoms with Crippen molar-refractivity contribution in [1.82, 2.24) is 19.4 Å². The molecule has 1 saturated heterocycles. The number of aryl methyl sites for hydroxylation is 1. The van der Waals surface area contributed by atoms with Crippen molar-refractivity contribution in [3.05, 3.63) is 47.8 Å². The SMILES string of the molecule is Cc1nn(-c2ccccc2)cc1CN1C[C@H](NS(C)(=O)=O)[C@@H](C(C)C)C1. The first kappa shape index (κ1) is 19.1. The van der Waals surface area contributed by atoms with Gasteiger partial charge in [-0.15, -0.1) is 0 Å². The van der Waals surface area contributed by atoms with E-state index >= 15 is 0 Å². The van der Waals surface area contributed by atoms with Crippen molar-refractivity contribution in [3.63, 3.8) is 0 Å². The molecule has 6 nitrogen and oxygen atoms in total. The van der Waals surface area contributed by atoms with Crippen LogP contribution in [0.5, 0.6) is 0 Å². The number of nitrogens with zero attached hydrogens (tertiary/aromatic N) is 3. The van der Waals surface area contributed by atoms with Gasteiger partial charge in [-0.2, -0.15) is 5.10 Å². The minimum Gasteiger partial charge on any atom is -0.297 e. The van der Waals surface area contributed by atoms with Crippen LogP contribution < -0.4 is 4.72 Å². The quantitative estimate of drug-likeness (QED) is 0.839. The lowest BCUT2D eigenvalue weighted by molar-refractivity contribution is 0.295. The Labute approximate surface area is 156 Å². The van der Waals surface area contributed by atoms with Crippen LogP contribution in [0.15, 0.2) is 36.5 Å². The molecule has 1 aromatic carbocycles. The zero-order valence-corrected chi connectivity index (χ0v) is 16.7. The average Bonchev–Trinajstić information content (AvgIpc) is 3.11. The van der Waals surface area contributed by atoms with Gasteiger partial charge in [0.05, 0.1) is 17.6 Å². The van der Waals surface area contributed by atoms with E-state index in [1.165, 1.54) is 11.8 Å². The van der Waals surface area contributed by atoms with Gasteiger partial charge in [-0.3, -0.25) is 4.90 Å². The van der Waals surface area contributed by atoms with Crippen LogP contribution in [0.3, 0.4) is 0 Å². The average molecular weight is 377 g/mol. The van der Waals surface area contributed by atoms with Gasteiger partial charge >= 0.3 is 0 Å². The fourth-order valence-corrected chi connectivity index (χ4v) is 4.52. The number of nitrogens with one attached hydrogen (secondary N) is 1. The Kier molecular flexibility index (Phi) is 5.50. The van der Waals surface area contributed by atoms with E-state index in [1.54, 1.807) is 0 Å². The first-order valence-corrected chi connectivity index (χ1v) is 10.9. The monoisotopic (exact) mass is 376 g/mol. The smallest absolute Gasteiger partial charge is 0.209 e. The maximum atomic E-state index is 11.7. The Morgan fingerprint density at radius 1 is 1.23 bits per heavy atom. The van der Waals surface area contributed by atoms with Gasteiger partial charge in [-0.25, -0.2) is 17.8 Å². The van der Waals surface area contributed by atoms with E-state index in [4.69, 9.17) is 0 Å². The van der Waals surface area contributed by atoms with Gasteiger partial charge in [0.2, 0.25) is 10.0 Å². The summed E-state index contributed by atoms with van der Waals surface area (Å²) in [6, 6.07) is 10.0. The molecule has 2 atom stereocenters. The maximum absolute atomic E-state index is 11.7. The van der Waals surface area contributed by atoms with Crippen molar-refractivity contribution in [3.8, 4) is 5.69 Å². The highest BCUT2D eigenvalue weighted by Gasteiger charge is 2.36. The molecule has 0 saturated carbocycles. The lowest BCUT2D eigenvalue weighted by Crippen LogP contribution is -2.41. The maximum Gasteiger partial charge on any atom is 0.209 e. The lowest BCUT2D eigenvalue weighted by atomic mass is 9.92. The van der Waals surface area contributed by atoms with E-state index in [0.29, 0.717) is 11.8 Å². The van der Waals surface area contributed by atoms with Gasteiger partial charge in [0.1, 0.15) is 0 Å². The third kappa shape index (κ3) is 4.52. The standard InChI is InChI=1S/C19H28N4O2S/c1-14(2)18-12-22(13-19(18)21-26(4,24)25)10-16-11-23(20-15(16)3)17-8-6-5-7-9-17/h5-9,11,14,18-19,21H,10,12-13H2,1-4H3/t18-,19+/m1/s1. The molecule has 0 amide bonds. The van der Waals surface area contributed by atoms with Gasteiger partial charge in [0, 0.05) is 37.4 Å². The molecule has 142 valence electrons. The third-order valence-corrected chi connectivity index (χ3v) is 5.81. The van der Waals surface area contributed by atoms with Crippen LogP contribution in [0.2, 0.25) is 0 Å². The molecule has 1 aliphatic heterocycles. The molecule has 2 aromatic rings. The van der Waals surface area contributed by atoms with E-state index in [0.717, 1.165) is 31.0 Å². The number of hydrogen-bond acceptors (Lipinski definition) is 4.